The van der Waals surface area contributed by atoms with E-state index in [2.05, 4.69) is 26.9 Å². The van der Waals surface area contributed by atoms with Crippen molar-refractivity contribution in [3.63, 3.8) is 0 Å². The Labute approximate surface area is 56.9 Å². The second-order valence-electron chi connectivity index (χ2n) is 3.37. The maximum atomic E-state index is 2.48. The predicted octanol–water partition coefficient (Wildman–Crippen LogP) is 1.21. The van der Waals surface area contributed by atoms with E-state index in [4.69, 9.17) is 0 Å². The van der Waals surface area contributed by atoms with Crippen LogP contribution in [-0.4, -0.2) is 17.4 Å². The Morgan fingerprint density at radius 3 is 2.00 bits per heavy atom. The molecule has 50 valence electrons. The van der Waals surface area contributed by atoms with Crippen LogP contribution in [0.25, 0.3) is 0 Å². The molecule has 0 nitrogen and oxygen atoms in total. The Morgan fingerprint density at radius 1 is 1.38 bits per heavy atom. The number of hydrogen-bond acceptors (Lipinski definition) is 0. The highest BCUT2D eigenvalue weighted by atomic mass is 29.2. The van der Waals surface area contributed by atoms with Gasteiger partial charge in [-0.1, -0.05) is 38.9 Å². The molecule has 2 heteroatoms. The van der Waals surface area contributed by atoms with Crippen molar-refractivity contribution in [3.8, 4) is 0 Å². The number of rotatable bonds is 3. The molecule has 0 bridgehead atoms. The first-order valence-electron chi connectivity index (χ1n) is 3.63. The molecule has 0 saturated heterocycles. The van der Waals surface area contributed by atoms with Gasteiger partial charge in [-0.3, -0.25) is 0 Å². The molecular weight excluding hydrogens is 128 g/mol. The van der Waals surface area contributed by atoms with Gasteiger partial charge in [-0.25, -0.2) is 0 Å². The van der Waals surface area contributed by atoms with Crippen LogP contribution in [0.1, 0.15) is 13.8 Å². The van der Waals surface area contributed by atoms with E-state index in [1.165, 1.54) is 0 Å². The van der Waals surface area contributed by atoms with E-state index in [0.29, 0.717) is 9.04 Å². The fourth-order valence-electron chi connectivity index (χ4n) is 0.667. The van der Waals surface area contributed by atoms with Gasteiger partial charge in [0.2, 0.25) is 0 Å². The van der Waals surface area contributed by atoms with Crippen LogP contribution in [0, 0.1) is 5.92 Å². The van der Waals surface area contributed by atoms with Crippen molar-refractivity contribution >= 4 is 17.4 Å². The van der Waals surface area contributed by atoms with Crippen LogP contribution in [0.2, 0.25) is 19.1 Å². The molecule has 0 rings (SSSR count). The quantitative estimate of drug-likeness (QED) is 0.525. The molecule has 0 amide bonds. The van der Waals surface area contributed by atoms with Crippen molar-refractivity contribution in [2.45, 2.75) is 33.0 Å². The summed E-state index contributed by atoms with van der Waals surface area (Å²) in [7, 11) is 0.350. The van der Waals surface area contributed by atoms with Gasteiger partial charge in [-0.05, 0) is 0 Å². The van der Waals surface area contributed by atoms with Crippen molar-refractivity contribution in [1.82, 2.24) is 0 Å². The molecule has 0 spiro atoms. The van der Waals surface area contributed by atoms with Gasteiger partial charge in [0.05, 0.1) is 0 Å². The largest absolute Gasteiger partial charge is 0.0745 e. The minimum absolute atomic E-state index is 0.0877. The lowest BCUT2D eigenvalue weighted by atomic mass is 10.3. The summed E-state index contributed by atoms with van der Waals surface area (Å²) in [6.45, 7) is 9.64. The third-order valence-corrected chi connectivity index (χ3v) is 8.43. The molecule has 0 atom stereocenters. The summed E-state index contributed by atoms with van der Waals surface area (Å²) in [5.74, 6) is 0.983. The third-order valence-electron chi connectivity index (χ3n) is 1.32. The Bertz CT molecular complexity index is 42.5. The van der Waals surface area contributed by atoms with Gasteiger partial charge in [0, 0.05) is 17.4 Å². The Kier molecular flexibility index (Phi) is 4.56. The number of hydrogen-bond donors (Lipinski definition) is 0. The summed E-state index contributed by atoms with van der Waals surface area (Å²) in [6, 6.07) is 1.59. The average Bonchev–Trinajstić information content (AvgIpc) is 1.61. The zero-order valence-electron chi connectivity index (χ0n) is 6.57. The second-order valence-corrected chi connectivity index (χ2v) is 13.9. The van der Waals surface area contributed by atoms with E-state index in [1.807, 2.05) is 0 Å². The van der Waals surface area contributed by atoms with Crippen molar-refractivity contribution in [3.05, 3.63) is 0 Å². The molecule has 0 heterocycles. The van der Waals surface area contributed by atoms with Crippen molar-refractivity contribution in [2.75, 3.05) is 0 Å². The van der Waals surface area contributed by atoms with E-state index in [0.717, 1.165) is 5.92 Å². The van der Waals surface area contributed by atoms with Gasteiger partial charge in [0.25, 0.3) is 0 Å². The van der Waals surface area contributed by atoms with Crippen molar-refractivity contribution in [1.29, 1.82) is 0 Å². The molecule has 0 aromatic heterocycles. The fraction of sp³-hybridized carbons (Fsp3) is 1.00. The molecular formula is C6H18Si2. The molecule has 0 unspecified atom stereocenters. The molecule has 0 aromatic carbocycles. The summed E-state index contributed by atoms with van der Waals surface area (Å²) in [5, 5.41) is 0. The SMILES string of the molecule is CC(C)C[SiH2][SiH](C)C. The van der Waals surface area contributed by atoms with E-state index in [9.17, 15) is 0 Å². The van der Waals surface area contributed by atoms with Crippen LogP contribution in [0.3, 0.4) is 0 Å². The molecule has 0 saturated carbocycles. The topological polar surface area (TPSA) is 0 Å². The fourth-order valence-corrected chi connectivity index (χ4v) is 6.00. The maximum absolute atomic E-state index is 2.48. The second kappa shape index (κ2) is 4.33. The maximum Gasteiger partial charge on any atom is 0.0180 e. The van der Waals surface area contributed by atoms with Crippen molar-refractivity contribution < 1.29 is 0 Å². The smallest absolute Gasteiger partial charge is 0.0180 e. The van der Waals surface area contributed by atoms with Crippen LogP contribution < -0.4 is 0 Å². The standard InChI is InChI=1S/C6H18Si2/c1-6(2)5-7-8(3)4/h6,8H,5,7H2,1-4H3. The van der Waals surface area contributed by atoms with Crippen molar-refractivity contribution in [2.24, 2.45) is 5.92 Å². The lowest BCUT2D eigenvalue weighted by Gasteiger charge is -2.03. The summed E-state index contributed by atoms with van der Waals surface area (Å²) in [4.78, 5) is 0. The molecule has 0 radical (unpaired) electrons. The first-order chi connectivity index (χ1) is 3.63. The van der Waals surface area contributed by atoms with Crippen LogP contribution in [-0.2, 0) is 0 Å². The van der Waals surface area contributed by atoms with E-state index in [1.54, 1.807) is 6.04 Å². The van der Waals surface area contributed by atoms with Crippen LogP contribution in [0.4, 0.5) is 0 Å². The van der Waals surface area contributed by atoms with Gasteiger partial charge < -0.3 is 0 Å². The first-order valence-corrected chi connectivity index (χ1v) is 10.2. The van der Waals surface area contributed by atoms with E-state index < -0.39 is 0 Å². The summed E-state index contributed by atoms with van der Waals surface area (Å²) >= 11 is 0. The highest BCUT2D eigenvalue weighted by molar-refractivity contribution is 7.11. The highest BCUT2D eigenvalue weighted by Crippen LogP contribution is 1.98. The van der Waals surface area contributed by atoms with E-state index in [-0.39, 0.29) is 8.31 Å². The normalized spacial score (nSPS) is 12.8. The molecule has 0 aliphatic rings. The third kappa shape index (κ3) is 6.43. The van der Waals surface area contributed by atoms with Gasteiger partial charge >= 0.3 is 0 Å². The Balaban J connectivity index is 2.93. The van der Waals surface area contributed by atoms with Crippen LogP contribution in [0.5, 0.6) is 0 Å². The van der Waals surface area contributed by atoms with Gasteiger partial charge in [-0.15, -0.1) is 0 Å². The average molecular weight is 146 g/mol. The zero-order chi connectivity index (χ0) is 6.57. The minimum Gasteiger partial charge on any atom is -0.0745 e. The minimum atomic E-state index is -0.0877. The predicted molar refractivity (Wildman–Crippen MR) is 47.1 cm³/mol. The van der Waals surface area contributed by atoms with Gasteiger partial charge in [0.15, 0.2) is 0 Å². The monoisotopic (exact) mass is 146 g/mol. The first kappa shape index (κ1) is 8.43. The lowest BCUT2D eigenvalue weighted by molar-refractivity contribution is 0.733. The van der Waals surface area contributed by atoms with Gasteiger partial charge in [-0.2, -0.15) is 0 Å². The van der Waals surface area contributed by atoms with Crippen LogP contribution >= 0.6 is 0 Å². The van der Waals surface area contributed by atoms with Gasteiger partial charge in [0.1, 0.15) is 0 Å². The lowest BCUT2D eigenvalue weighted by Crippen LogP contribution is -2.13. The molecule has 0 aromatic rings. The Hall–Kier alpha value is 0.434. The highest BCUT2D eigenvalue weighted by Gasteiger charge is 1.98. The molecule has 0 aliphatic carbocycles. The summed E-state index contributed by atoms with van der Waals surface area (Å²) in [5.41, 5.74) is 0. The Morgan fingerprint density at radius 2 is 1.88 bits per heavy atom. The zero-order valence-corrected chi connectivity index (χ0v) is 9.14. The molecule has 8 heavy (non-hydrogen) atoms. The van der Waals surface area contributed by atoms with E-state index >= 15 is 0 Å². The molecule has 0 N–H and O–H groups in total. The summed E-state index contributed by atoms with van der Waals surface area (Å²) in [6.07, 6.45) is 0. The molecule has 0 aliphatic heterocycles. The van der Waals surface area contributed by atoms with Crippen LogP contribution in [0.15, 0.2) is 0 Å². The molecule has 0 fully saturated rings. The summed E-state index contributed by atoms with van der Waals surface area (Å²) < 4.78 is 0.